The Morgan fingerprint density at radius 2 is 1.97 bits per heavy atom. The third kappa shape index (κ3) is 4.38. The van der Waals surface area contributed by atoms with Gasteiger partial charge in [-0.3, -0.25) is 14.9 Å². The Hall–Kier alpha value is -3.42. The van der Waals surface area contributed by atoms with Crippen molar-refractivity contribution < 1.29 is 9.72 Å². The largest absolute Gasteiger partial charge is 0.365 e. The first kappa shape index (κ1) is 20.8. The molecule has 1 fully saturated rings. The molecule has 3 aromatic rings. The average molecular weight is 422 g/mol. The van der Waals surface area contributed by atoms with Crippen molar-refractivity contribution in [2.45, 2.75) is 33.7 Å². The summed E-state index contributed by atoms with van der Waals surface area (Å²) in [5, 5.41) is 14.6. The molecule has 0 unspecified atom stereocenters. The predicted molar refractivity (Wildman–Crippen MR) is 119 cm³/mol. The number of nitro benzene ring substituents is 1. The summed E-state index contributed by atoms with van der Waals surface area (Å²) in [7, 11) is 0. The van der Waals surface area contributed by atoms with Crippen LogP contribution < -0.4 is 10.2 Å². The Morgan fingerprint density at radius 1 is 1.23 bits per heavy atom. The number of carbonyl (C=O) groups excluding carboxylic acids is 1. The lowest BCUT2D eigenvalue weighted by Crippen LogP contribution is -2.39. The standard InChI is InChI=1S/C23H27N5O3/c1-15-9-16(2)13-26(12-15)20-8-7-18(10-21(20)28(30)31)23(29)24-11-19-14-27-17(3)5-4-6-22(27)25-19/h4-8,10,14-16H,9,11-13H2,1-3H3,(H,24,29)/t15-,16-/m0/s1. The smallest absolute Gasteiger partial charge is 0.293 e. The third-order valence-corrected chi connectivity index (χ3v) is 5.82. The second-order valence-electron chi connectivity index (χ2n) is 8.62. The molecule has 1 saturated heterocycles. The molecule has 1 amide bonds. The summed E-state index contributed by atoms with van der Waals surface area (Å²) in [5.41, 5.74) is 3.41. The summed E-state index contributed by atoms with van der Waals surface area (Å²) >= 11 is 0. The predicted octanol–water partition coefficient (Wildman–Crippen LogP) is 3.96. The molecule has 3 heterocycles. The number of benzene rings is 1. The van der Waals surface area contributed by atoms with E-state index in [0.29, 0.717) is 17.5 Å². The summed E-state index contributed by atoms with van der Waals surface area (Å²) in [6, 6.07) is 10.6. The number of aryl methyl sites for hydroxylation is 1. The number of aromatic nitrogens is 2. The van der Waals surface area contributed by atoms with Crippen molar-refractivity contribution >= 4 is 22.9 Å². The number of anilines is 1. The maximum atomic E-state index is 12.7. The molecule has 162 valence electrons. The lowest BCUT2D eigenvalue weighted by Gasteiger charge is -2.36. The van der Waals surface area contributed by atoms with Gasteiger partial charge in [0.2, 0.25) is 0 Å². The van der Waals surface area contributed by atoms with Crippen LogP contribution in [0.3, 0.4) is 0 Å². The van der Waals surface area contributed by atoms with E-state index in [1.165, 1.54) is 6.07 Å². The SMILES string of the molecule is Cc1cccc2nc(CNC(=O)c3ccc(N4C[C@@H](C)C[C@H](C)C4)c([N+](=O)[O-])c3)cn12. The zero-order valence-corrected chi connectivity index (χ0v) is 18.0. The van der Waals surface area contributed by atoms with Crippen molar-refractivity contribution in [1.29, 1.82) is 0 Å². The fourth-order valence-electron chi connectivity index (χ4n) is 4.49. The zero-order chi connectivity index (χ0) is 22.1. The fraction of sp³-hybridized carbons (Fsp3) is 0.391. The van der Waals surface area contributed by atoms with Gasteiger partial charge in [0.25, 0.3) is 11.6 Å². The molecule has 8 heteroatoms. The number of carbonyl (C=O) groups is 1. The number of hydrogen-bond donors (Lipinski definition) is 1. The minimum Gasteiger partial charge on any atom is -0.365 e. The van der Waals surface area contributed by atoms with E-state index in [0.717, 1.165) is 36.5 Å². The summed E-state index contributed by atoms with van der Waals surface area (Å²) < 4.78 is 1.96. The average Bonchev–Trinajstić information content (AvgIpc) is 3.15. The van der Waals surface area contributed by atoms with Gasteiger partial charge < -0.3 is 14.6 Å². The number of amides is 1. The van der Waals surface area contributed by atoms with Gasteiger partial charge >= 0.3 is 0 Å². The molecule has 2 aromatic heterocycles. The Balaban J connectivity index is 1.52. The van der Waals surface area contributed by atoms with Crippen LogP contribution in [0, 0.1) is 28.9 Å². The van der Waals surface area contributed by atoms with Gasteiger partial charge in [-0.05, 0) is 49.4 Å². The van der Waals surface area contributed by atoms with Crippen LogP contribution in [0.15, 0.2) is 42.6 Å². The summed E-state index contributed by atoms with van der Waals surface area (Å²) in [6.45, 7) is 8.13. The molecule has 1 aliphatic heterocycles. The van der Waals surface area contributed by atoms with E-state index in [-0.39, 0.29) is 23.7 Å². The first-order valence-corrected chi connectivity index (χ1v) is 10.6. The number of hydrogen-bond acceptors (Lipinski definition) is 5. The second kappa shape index (κ2) is 8.37. The molecule has 0 bridgehead atoms. The Kier molecular flexibility index (Phi) is 5.63. The number of nitrogens with one attached hydrogen (secondary N) is 1. The molecule has 4 rings (SSSR count). The van der Waals surface area contributed by atoms with Crippen LogP contribution in [0.1, 0.15) is 42.0 Å². The van der Waals surface area contributed by atoms with E-state index >= 15 is 0 Å². The van der Waals surface area contributed by atoms with Crippen LogP contribution in [-0.2, 0) is 6.54 Å². The highest BCUT2D eigenvalue weighted by Crippen LogP contribution is 2.33. The highest BCUT2D eigenvalue weighted by Gasteiger charge is 2.27. The maximum absolute atomic E-state index is 12.7. The minimum atomic E-state index is -0.402. The molecule has 1 N–H and O–H groups in total. The van der Waals surface area contributed by atoms with Crippen LogP contribution in [-0.4, -0.2) is 33.3 Å². The number of nitro groups is 1. The van der Waals surface area contributed by atoms with Gasteiger partial charge in [0.1, 0.15) is 11.3 Å². The van der Waals surface area contributed by atoms with Gasteiger partial charge in [-0.25, -0.2) is 4.98 Å². The van der Waals surface area contributed by atoms with Gasteiger partial charge in [0.05, 0.1) is 17.2 Å². The van der Waals surface area contributed by atoms with Crippen molar-refractivity contribution in [1.82, 2.24) is 14.7 Å². The highest BCUT2D eigenvalue weighted by atomic mass is 16.6. The molecule has 0 spiro atoms. The Bertz CT molecular complexity index is 1130. The molecule has 0 saturated carbocycles. The number of pyridine rings is 1. The zero-order valence-electron chi connectivity index (χ0n) is 18.0. The van der Waals surface area contributed by atoms with Crippen LogP contribution >= 0.6 is 0 Å². The van der Waals surface area contributed by atoms with Crippen molar-refractivity contribution in [3.05, 3.63) is 69.7 Å². The van der Waals surface area contributed by atoms with Gasteiger partial charge in [0, 0.05) is 36.6 Å². The lowest BCUT2D eigenvalue weighted by molar-refractivity contribution is -0.384. The maximum Gasteiger partial charge on any atom is 0.293 e. The molecule has 1 aromatic carbocycles. The highest BCUT2D eigenvalue weighted by molar-refractivity contribution is 5.95. The van der Waals surface area contributed by atoms with E-state index in [4.69, 9.17) is 0 Å². The number of rotatable bonds is 5. The summed E-state index contributed by atoms with van der Waals surface area (Å²) in [6.07, 6.45) is 3.00. The van der Waals surface area contributed by atoms with E-state index < -0.39 is 4.92 Å². The van der Waals surface area contributed by atoms with Crippen LogP contribution in [0.25, 0.3) is 5.65 Å². The van der Waals surface area contributed by atoms with Crippen LogP contribution in [0.2, 0.25) is 0 Å². The molecule has 2 atom stereocenters. The molecular weight excluding hydrogens is 394 g/mol. The Morgan fingerprint density at radius 3 is 2.65 bits per heavy atom. The monoisotopic (exact) mass is 421 g/mol. The summed E-state index contributed by atoms with van der Waals surface area (Å²) in [4.78, 5) is 30.6. The molecule has 31 heavy (non-hydrogen) atoms. The summed E-state index contributed by atoms with van der Waals surface area (Å²) in [5.74, 6) is 0.588. The minimum absolute atomic E-state index is 0.0303. The quantitative estimate of drug-likeness (QED) is 0.497. The van der Waals surface area contributed by atoms with Crippen molar-refractivity contribution in [3.63, 3.8) is 0 Å². The molecule has 0 aliphatic carbocycles. The van der Waals surface area contributed by atoms with E-state index in [9.17, 15) is 14.9 Å². The van der Waals surface area contributed by atoms with Crippen molar-refractivity contribution in [3.8, 4) is 0 Å². The fourth-order valence-corrected chi connectivity index (χ4v) is 4.49. The molecule has 8 nitrogen and oxygen atoms in total. The van der Waals surface area contributed by atoms with E-state index in [1.807, 2.05) is 35.7 Å². The van der Waals surface area contributed by atoms with Gasteiger partial charge in [-0.1, -0.05) is 19.9 Å². The van der Waals surface area contributed by atoms with E-state index in [2.05, 4.69) is 29.0 Å². The number of imidazole rings is 1. The number of nitrogens with zero attached hydrogens (tertiary/aromatic N) is 4. The molecule has 0 radical (unpaired) electrons. The van der Waals surface area contributed by atoms with Crippen LogP contribution in [0.5, 0.6) is 0 Å². The topological polar surface area (TPSA) is 92.8 Å². The van der Waals surface area contributed by atoms with Gasteiger partial charge in [0.15, 0.2) is 0 Å². The second-order valence-corrected chi connectivity index (χ2v) is 8.62. The first-order valence-electron chi connectivity index (χ1n) is 10.6. The van der Waals surface area contributed by atoms with Crippen molar-refractivity contribution in [2.24, 2.45) is 11.8 Å². The third-order valence-electron chi connectivity index (χ3n) is 5.82. The number of piperidine rings is 1. The normalized spacial score (nSPS) is 18.9. The van der Waals surface area contributed by atoms with E-state index in [1.54, 1.807) is 12.1 Å². The first-order chi connectivity index (χ1) is 14.8. The Labute approximate surface area is 181 Å². The lowest BCUT2D eigenvalue weighted by atomic mass is 9.91. The van der Waals surface area contributed by atoms with Gasteiger partial charge in [-0.15, -0.1) is 0 Å². The molecule has 1 aliphatic rings. The van der Waals surface area contributed by atoms with Gasteiger partial charge in [-0.2, -0.15) is 0 Å². The van der Waals surface area contributed by atoms with Crippen molar-refractivity contribution in [2.75, 3.05) is 18.0 Å². The molecular formula is C23H27N5O3. The number of fused-ring (bicyclic) bond motifs is 1. The van der Waals surface area contributed by atoms with Crippen LogP contribution in [0.4, 0.5) is 11.4 Å².